The van der Waals surface area contributed by atoms with Crippen LogP contribution in [0.2, 0.25) is 0 Å². The van der Waals surface area contributed by atoms with Crippen LogP contribution in [0.3, 0.4) is 0 Å². The topological polar surface area (TPSA) is 56.6 Å². The highest BCUT2D eigenvalue weighted by Gasteiger charge is 2.34. The lowest BCUT2D eigenvalue weighted by molar-refractivity contribution is 0.0692. The number of phenols is 2. The molecule has 2 N–H and O–H groups in total. The highest BCUT2D eigenvalue weighted by molar-refractivity contribution is 5.38. The Balaban J connectivity index is 1.76. The minimum absolute atomic E-state index is 0.0755. The number of aromatic nitrogens is 1. The Bertz CT molecular complexity index is 844. The van der Waals surface area contributed by atoms with Crippen LogP contribution < -0.4 is 0 Å². The molecule has 1 aliphatic rings. The number of para-hydroxylation sites is 2. The van der Waals surface area contributed by atoms with Gasteiger partial charge in [-0.2, -0.15) is 0 Å². The lowest BCUT2D eigenvalue weighted by Crippen LogP contribution is -2.36. The molecule has 2 aromatic carbocycles. The van der Waals surface area contributed by atoms with E-state index in [0.29, 0.717) is 18.0 Å². The molecular weight excluding hydrogens is 336 g/mol. The Morgan fingerprint density at radius 1 is 0.778 bits per heavy atom. The minimum Gasteiger partial charge on any atom is -0.508 e. The molecule has 0 bridgehead atoms. The molecular formula is C23H24N2O2. The number of pyridine rings is 1. The van der Waals surface area contributed by atoms with E-state index in [4.69, 9.17) is 0 Å². The molecule has 138 valence electrons. The van der Waals surface area contributed by atoms with E-state index < -0.39 is 0 Å². The minimum atomic E-state index is 0.0755. The molecule has 0 amide bonds. The van der Waals surface area contributed by atoms with Crippen molar-refractivity contribution in [1.82, 2.24) is 9.88 Å². The van der Waals surface area contributed by atoms with Crippen LogP contribution in [-0.4, -0.2) is 20.1 Å². The first-order valence-corrected chi connectivity index (χ1v) is 9.45. The quantitative estimate of drug-likeness (QED) is 0.690. The molecule has 0 saturated carbocycles. The summed E-state index contributed by atoms with van der Waals surface area (Å²) in [5.41, 5.74) is 2.86. The second kappa shape index (κ2) is 7.80. The van der Waals surface area contributed by atoms with Gasteiger partial charge in [0, 0.05) is 36.0 Å². The van der Waals surface area contributed by atoms with Gasteiger partial charge in [0.2, 0.25) is 0 Å². The van der Waals surface area contributed by atoms with Crippen molar-refractivity contribution in [1.29, 1.82) is 0 Å². The number of rotatable bonds is 4. The van der Waals surface area contributed by atoms with Crippen LogP contribution in [0.1, 0.15) is 48.2 Å². The zero-order valence-electron chi connectivity index (χ0n) is 15.2. The normalized spacial score (nSPS) is 20.4. The van der Waals surface area contributed by atoms with Gasteiger partial charge in [-0.3, -0.25) is 9.88 Å². The van der Waals surface area contributed by atoms with Gasteiger partial charge in [0.1, 0.15) is 11.5 Å². The maximum atomic E-state index is 10.5. The molecule has 0 aliphatic carbocycles. The second-order valence-electron chi connectivity index (χ2n) is 7.07. The van der Waals surface area contributed by atoms with Gasteiger partial charge in [-0.1, -0.05) is 42.5 Å². The fourth-order valence-corrected chi connectivity index (χ4v) is 4.16. The maximum Gasteiger partial charge on any atom is 0.120 e. The van der Waals surface area contributed by atoms with Crippen LogP contribution in [-0.2, 0) is 6.54 Å². The molecule has 4 rings (SSSR count). The van der Waals surface area contributed by atoms with Crippen molar-refractivity contribution >= 4 is 0 Å². The van der Waals surface area contributed by atoms with E-state index >= 15 is 0 Å². The number of benzene rings is 2. The van der Waals surface area contributed by atoms with Gasteiger partial charge in [-0.05, 0) is 43.5 Å². The van der Waals surface area contributed by atoms with E-state index in [1.165, 1.54) is 0 Å². The van der Waals surface area contributed by atoms with E-state index in [2.05, 4.69) is 9.88 Å². The van der Waals surface area contributed by atoms with Gasteiger partial charge in [0.15, 0.2) is 0 Å². The average Bonchev–Trinajstić information content (AvgIpc) is 2.70. The molecule has 0 spiro atoms. The standard InChI is InChI=1S/C23H24N2O2/c26-22-13-3-1-9-18(22)20-11-7-12-21(19-10-2-4-14-23(19)27)25(20)16-17-8-5-6-15-24-17/h1-6,8-10,13-15,20-21,26-27H,7,11-12,16H2. The number of hydrogen-bond acceptors (Lipinski definition) is 4. The van der Waals surface area contributed by atoms with Gasteiger partial charge in [-0.15, -0.1) is 0 Å². The van der Waals surface area contributed by atoms with E-state index in [-0.39, 0.29) is 12.1 Å². The summed E-state index contributed by atoms with van der Waals surface area (Å²) in [6.07, 6.45) is 4.78. The van der Waals surface area contributed by atoms with Crippen molar-refractivity contribution in [2.75, 3.05) is 0 Å². The summed E-state index contributed by atoms with van der Waals surface area (Å²) >= 11 is 0. The van der Waals surface area contributed by atoms with Gasteiger partial charge in [0.05, 0.1) is 5.69 Å². The van der Waals surface area contributed by atoms with Crippen LogP contribution in [0.5, 0.6) is 11.5 Å². The first-order valence-electron chi connectivity index (χ1n) is 9.45. The SMILES string of the molecule is Oc1ccccc1C1CCCC(c2ccccc2O)N1Cc1ccccn1. The van der Waals surface area contributed by atoms with Crippen molar-refractivity contribution < 1.29 is 10.2 Å². The molecule has 27 heavy (non-hydrogen) atoms. The zero-order chi connectivity index (χ0) is 18.6. The van der Waals surface area contributed by atoms with Crippen molar-refractivity contribution in [3.8, 4) is 11.5 Å². The molecule has 1 saturated heterocycles. The van der Waals surface area contributed by atoms with Crippen molar-refractivity contribution in [3.05, 3.63) is 89.7 Å². The Morgan fingerprint density at radius 2 is 1.33 bits per heavy atom. The van der Waals surface area contributed by atoms with Crippen molar-refractivity contribution in [2.24, 2.45) is 0 Å². The van der Waals surface area contributed by atoms with Crippen LogP contribution in [0, 0.1) is 0 Å². The van der Waals surface area contributed by atoms with Crippen LogP contribution in [0.25, 0.3) is 0 Å². The summed E-state index contributed by atoms with van der Waals surface area (Å²) < 4.78 is 0. The third kappa shape index (κ3) is 3.67. The molecule has 2 heterocycles. The number of aromatic hydroxyl groups is 2. The summed E-state index contributed by atoms with van der Waals surface area (Å²) in [6, 6.07) is 21.2. The van der Waals surface area contributed by atoms with E-state index in [1.807, 2.05) is 60.8 Å². The van der Waals surface area contributed by atoms with Crippen LogP contribution >= 0.6 is 0 Å². The molecule has 1 fully saturated rings. The van der Waals surface area contributed by atoms with Gasteiger partial charge in [-0.25, -0.2) is 0 Å². The smallest absolute Gasteiger partial charge is 0.120 e. The van der Waals surface area contributed by atoms with Crippen molar-refractivity contribution in [3.63, 3.8) is 0 Å². The van der Waals surface area contributed by atoms with Crippen molar-refractivity contribution in [2.45, 2.75) is 37.9 Å². The molecule has 0 radical (unpaired) electrons. The summed E-state index contributed by atoms with van der Waals surface area (Å²) in [7, 11) is 0. The average molecular weight is 360 g/mol. The predicted molar refractivity (Wildman–Crippen MR) is 105 cm³/mol. The molecule has 2 atom stereocenters. The van der Waals surface area contributed by atoms with Crippen LogP contribution in [0.15, 0.2) is 72.9 Å². The molecule has 4 nitrogen and oxygen atoms in total. The van der Waals surface area contributed by atoms with Gasteiger partial charge < -0.3 is 10.2 Å². The molecule has 1 aliphatic heterocycles. The predicted octanol–water partition coefficient (Wildman–Crippen LogP) is 4.96. The number of likely N-dealkylation sites (tertiary alicyclic amines) is 1. The summed E-state index contributed by atoms with van der Waals surface area (Å²) in [5.74, 6) is 0.651. The largest absolute Gasteiger partial charge is 0.508 e. The molecule has 3 aromatic rings. The van der Waals surface area contributed by atoms with E-state index in [1.54, 1.807) is 12.1 Å². The summed E-state index contributed by atoms with van der Waals surface area (Å²) in [4.78, 5) is 6.88. The van der Waals surface area contributed by atoms with Gasteiger partial charge >= 0.3 is 0 Å². The second-order valence-corrected chi connectivity index (χ2v) is 7.07. The fourth-order valence-electron chi connectivity index (χ4n) is 4.16. The van der Waals surface area contributed by atoms with E-state index in [0.717, 1.165) is 36.1 Å². The molecule has 2 unspecified atom stereocenters. The fraction of sp³-hybridized carbons (Fsp3) is 0.261. The summed E-state index contributed by atoms with van der Waals surface area (Å²) in [5, 5.41) is 20.9. The van der Waals surface area contributed by atoms with Crippen LogP contribution in [0.4, 0.5) is 0 Å². The monoisotopic (exact) mass is 360 g/mol. The Hall–Kier alpha value is -2.85. The Labute approximate surface area is 159 Å². The zero-order valence-corrected chi connectivity index (χ0v) is 15.2. The lowest BCUT2D eigenvalue weighted by atomic mass is 9.86. The third-order valence-corrected chi connectivity index (χ3v) is 5.42. The molecule has 4 heteroatoms. The summed E-state index contributed by atoms with van der Waals surface area (Å²) in [6.45, 7) is 0.666. The number of piperidine rings is 1. The Morgan fingerprint density at radius 3 is 1.85 bits per heavy atom. The Kier molecular flexibility index (Phi) is 5.07. The first kappa shape index (κ1) is 17.6. The number of phenolic OH excluding ortho intramolecular Hbond substituents is 2. The van der Waals surface area contributed by atoms with E-state index in [9.17, 15) is 10.2 Å². The third-order valence-electron chi connectivity index (χ3n) is 5.42. The first-order chi connectivity index (χ1) is 13.2. The highest BCUT2D eigenvalue weighted by Crippen LogP contribution is 2.46. The number of hydrogen-bond donors (Lipinski definition) is 2. The highest BCUT2D eigenvalue weighted by atomic mass is 16.3. The lowest BCUT2D eigenvalue weighted by Gasteiger charge is -2.43. The maximum absolute atomic E-state index is 10.5. The number of nitrogens with zero attached hydrogens (tertiary/aromatic N) is 2. The van der Waals surface area contributed by atoms with Gasteiger partial charge in [0.25, 0.3) is 0 Å². The molecule has 1 aromatic heterocycles.